The van der Waals surface area contributed by atoms with Crippen molar-refractivity contribution in [1.82, 2.24) is 10.2 Å². The molecule has 1 amide bonds. The van der Waals surface area contributed by atoms with Gasteiger partial charge in [0, 0.05) is 20.1 Å². The summed E-state index contributed by atoms with van der Waals surface area (Å²) in [5, 5.41) is 3.10. The molecule has 9 heteroatoms. The molecule has 1 aromatic heterocycles. The SMILES string of the molecule is CCNC(=NCc1ccc(C(N)=O)o1)N(C)Cc1ccc(C(F)(F)F)cc1. The molecule has 0 spiro atoms. The lowest BCUT2D eigenvalue weighted by molar-refractivity contribution is -0.137. The molecule has 0 aliphatic rings. The fourth-order valence-corrected chi connectivity index (χ4v) is 2.37. The number of halogens is 3. The molecule has 0 atom stereocenters. The Morgan fingerprint density at radius 1 is 1.22 bits per heavy atom. The number of carbonyl (C=O) groups excluding carboxylic acids is 1. The maximum atomic E-state index is 12.6. The maximum Gasteiger partial charge on any atom is 0.416 e. The van der Waals surface area contributed by atoms with Crippen LogP contribution in [0.2, 0.25) is 0 Å². The average molecular weight is 382 g/mol. The van der Waals surface area contributed by atoms with Crippen molar-refractivity contribution in [1.29, 1.82) is 0 Å². The molecule has 0 unspecified atom stereocenters. The van der Waals surface area contributed by atoms with Crippen LogP contribution in [0.1, 0.15) is 34.4 Å². The molecule has 2 aromatic rings. The van der Waals surface area contributed by atoms with Gasteiger partial charge in [0.05, 0.1) is 5.56 Å². The largest absolute Gasteiger partial charge is 0.454 e. The molecular formula is C18H21F3N4O2. The van der Waals surface area contributed by atoms with E-state index in [1.807, 2.05) is 6.92 Å². The van der Waals surface area contributed by atoms with Crippen LogP contribution in [0.15, 0.2) is 45.8 Å². The number of alkyl halides is 3. The first-order chi connectivity index (χ1) is 12.7. The minimum absolute atomic E-state index is 0.0586. The molecule has 0 bridgehead atoms. The lowest BCUT2D eigenvalue weighted by Crippen LogP contribution is -2.38. The molecule has 0 saturated heterocycles. The lowest BCUT2D eigenvalue weighted by Gasteiger charge is -2.22. The highest BCUT2D eigenvalue weighted by Crippen LogP contribution is 2.29. The van der Waals surface area contributed by atoms with Crippen LogP contribution in [0.25, 0.3) is 0 Å². The van der Waals surface area contributed by atoms with Gasteiger partial charge in [-0.15, -0.1) is 0 Å². The second kappa shape index (κ2) is 8.61. The summed E-state index contributed by atoms with van der Waals surface area (Å²) < 4.78 is 43.2. The molecular weight excluding hydrogens is 361 g/mol. The summed E-state index contributed by atoms with van der Waals surface area (Å²) in [4.78, 5) is 17.3. The number of benzene rings is 1. The second-order valence-corrected chi connectivity index (χ2v) is 5.85. The van der Waals surface area contributed by atoms with Gasteiger partial charge >= 0.3 is 6.18 Å². The Kier molecular flexibility index (Phi) is 6.49. The number of nitrogens with zero attached hydrogens (tertiary/aromatic N) is 2. The Balaban J connectivity index is 2.06. The number of amides is 1. The van der Waals surface area contributed by atoms with E-state index in [0.717, 1.165) is 12.1 Å². The van der Waals surface area contributed by atoms with Crippen molar-refractivity contribution in [3.8, 4) is 0 Å². The van der Waals surface area contributed by atoms with Gasteiger partial charge in [0.25, 0.3) is 5.91 Å². The minimum Gasteiger partial charge on any atom is -0.454 e. The van der Waals surface area contributed by atoms with Crippen LogP contribution in [-0.2, 0) is 19.3 Å². The predicted octanol–water partition coefficient (Wildman–Crippen LogP) is 2.99. The number of rotatable bonds is 6. The zero-order valence-corrected chi connectivity index (χ0v) is 15.0. The zero-order valence-electron chi connectivity index (χ0n) is 15.0. The van der Waals surface area contributed by atoms with E-state index >= 15 is 0 Å². The van der Waals surface area contributed by atoms with Crippen LogP contribution in [0.4, 0.5) is 13.2 Å². The van der Waals surface area contributed by atoms with Crippen molar-refractivity contribution in [3.63, 3.8) is 0 Å². The Hall–Kier alpha value is -2.97. The summed E-state index contributed by atoms with van der Waals surface area (Å²) in [6.45, 7) is 3.07. The third kappa shape index (κ3) is 5.77. The third-order valence-electron chi connectivity index (χ3n) is 3.69. The monoisotopic (exact) mass is 382 g/mol. The Morgan fingerprint density at radius 2 is 1.89 bits per heavy atom. The number of hydrogen-bond acceptors (Lipinski definition) is 3. The number of aliphatic imine (C=N–C) groups is 1. The first kappa shape index (κ1) is 20.3. The van der Waals surface area contributed by atoms with Gasteiger partial charge in [0.2, 0.25) is 0 Å². The molecule has 0 fully saturated rings. The van der Waals surface area contributed by atoms with Crippen LogP contribution in [0.3, 0.4) is 0 Å². The molecule has 6 nitrogen and oxygen atoms in total. The highest BCUT2D eigenvalue weighted by atomic mass is 19.4. The molecule has 27 heavy (non-hydrogen) atoms. The van der Waals surface area contributed by atoms with Crippen molar-refractivity contribution in [2.75, 3.05) is 13.6 Å². The first-order valence-corrected chi connectivity index (χ1v) is 8.24. The van der Waals surface area contributed by atoms with Gasteiger partial charge in [-0.05, 0) is 36.8 Å². The van der Waals surface area contributed by atoms with E-state index in [1.165, 1.54) is 18.2 Å². The Morgan fingerprint density at radius 3 is 2.41 bits per heavy atom. The number of nitrogens with two attached hydrogens (primary N) is 1. The summed E-state index contributed by atoms with van der Waals surface area (Å²) in [6.07, 6.45) is -4.35. The molecule has 0 aliphatic carbocycles. The number of carbonyl (C=O) groups is 1. The van der Waals surface area contributed by atoms with Crippen molar-refractivity contribution >= 4 is 11.9 Å². The fraction of sp³-hybridized carbons (Fsp3) is 0.333. The van der Waals surface area contributed by atoms with E-state index in [1.54, 1.807) is 18.0 Å². The van der Waals surface area contributed by atoms with Gasteiger partial charge in [0.15, 0.2) is 11.7 Å². The van der Waals surface area contributed by atoms with Crippen LogP contribution < -0.4 is 11.1 Å². The summed E-state index contributed by atoms with van der Waals surface area (Å²) in [7, 11) is 1.77. The van der Waals surface area contributed by atoms with E-state index in [-0.39, 0.29) is 12.3 Å². The van der Waals surface area contributed by atoms with E-state index < -0.39 is 17.6 Å². The van der Waals surface area contributed by atoms with Crippen molar-refractivity contribution in [2.45, 2.75) is 26.2 Å². The van der Waals surface area contributed by atoms with Gasteiger partial charge in [-0.25, -0.2) is 4.99 Å². The number of furan rings is 1. The van der Waals surface area contributed by atoms with Gasteiger partial charge in [0.1, 0.15) is 12.3 Å². The standard InChI is InChI=1S/C18H21F3N4O2/c1-3-23-17(24-10-14-8-9-15(27-14)16(22)26)25(2)11-12-4-6-13(7-5-12)18(19,20)21/h4-9H,3,10-11H2,1-2H3,(H2,22,26)(H,23,24). The van der Waals surface area contributed by atoms with Crippen LogP contribution in [0, 0.1) is 0 Å². The second-order valence-electron chi connectivity index (χ2n) is 5.85. The third-order valence-corrected chi connectivity index (χ3v) is 3.69. The van der Waals surface area contributed by atoms with E-state index in [0.29, 0.717) is 30.4 Å². The number of primary amides is 1. The molecule has 0 radical (unpaired) electrons. The van der Waals surface area contributed by atoms with Gasteiger partial charge < -0.3 is 20.4 Å². The number of hydrogen-bond donors (Lipinski definition) is 2. The molecule has 146 valence electrons. The maximum absolute atomic E-state index is 12.6. The molecule has 1 heterocycles. The summed E-state index contributed by atoms with van der Waals surface area (Å²) >= 11 is 0. The number of guanidine groups is 1. The first-order valence-electron chi connectivity index (χ1n) is 8.24. The molecule has 0 saturated carbocycles. The van der Waals surface area contributed by atoms with Crippen molar-refractivity contribution in [3.05, 3.63) is 59.0 Å². The smallest absolute Gasteiger partial charge is 0.416 e. The lowest BCUT2D eigenvalue weighted by atomic mass is 10.1. The quantitative estimate of drug-likeness (QED) is 0.594. The number of nitrogens with one attached hydrogen (secondary N) is 1. The van der Waals surface area contributed by atoms with E-state index in [9.17, 15) is 18.0 Å². The molecule has 2 rings (SSSR count). The summed E-state index contributed by atoms with van der Waals surface area (Å²) in [5.41, 5.74) is 5.17. The normalized spacial score (nSPS) is 12.1. The van der Waals surface area contributed by atoms with Gasteiger partial charge in [-0.1, -0.05) is 12.1 Å². The summed E-state index contributed by atoms with van der Waals surface area (Å²) in [5.74, 6) is 0.427. The van der Waals surface area contributed by atoms with Crippen LogP contribution in [0.5, 0.6) is 0 Å². The molecule has 3 N–H and O–H groups in total. The average Bonchev–Trinajstić information content (AvgIpc) is 3.07. The highest BCUT2D eigenvalue weighted by molar-refractivity contribution is 5.89. The fourth-order valence-electron chi connectivity index (χ4n) is 2.37. The van der Waals surface area contributed by atoms with Crippen molar-refractivity contribution < 1.29 is 22.4 Å². The van der Waals surface area contributed by atoms with Crippen LogP contribution in [-0.4, -0.2) is 30.4 Å². The molecule has 0 aliphatic heterocycles. The van der Waals surface area contributed by atoms with Crippen molar-refractivity contribution in [2.24, 2.45) is 10.7 Å². The van der Waals surface area contributed by atoms with E-state index in [4.69, 9.17) is 10.2 Å². The zero-order chi connectivity index (χ0) is 20.0. The highest BCUT2D eigenvalue weighted by Gasteiger charge is 2.29. The summed E-state index contributed by atoms with van der Waals surface area (Å²) in [6, 6.07) is 8.08. The minimum atomic E-state index is -4.35. The predicted molar refractivity (Wildman–Crippen MR) is 95.0 cm³/mol. The van der Waals surface area contributed by atoms with E-state index in [2.05, 4.69) is 10.3 Å². The Labute approximate surface area is 154 Å². The Bertz CT molecular complexity index is 798. The molecule has 1 aromatic carbocycles. The van der Waals surface area contributed by atoms with Gasteiger partial charge in [-0.2, -0.15) is 13.2 Å². The topological polar surface area (TPSA) is 83.9 Å². The van der Waals surface area contributed by atoms with Gasteiger partial charge in [-0.3, -0.25) is 4.79 Å². The van der Waals surface area contributed by atoms with Crippen LogP contribution >= 0.6 is 0 Å².